The van der Waals surface area contributed by atoms with Crippen LogP contribution in [0.2, 0.25) is 5.02 Å². The number of carbonyl (C=O) groups is 3. The maximum Gasteiger partial charge on any atom is 0.356 e. The van der Waals surface area contributed by atoms with E-state index in [9.17, 15) is 14.4 Å². The molecule has 0 saturated carbocycles. The summed E-state index contributed by atoms with van der Waals surface area (Å²) < 4.78 is 11.9. The van der Waals surface area contributed by atoms with Crippen molar-refractivity contribution in [2.75, 3.05) is 7.11 Å². The molecule has 1 fully saturated rings. The molecule has 0 unspecified atom stereocenters. The maximum absolute atomic E-state index is 11.9. The summed E-state index contributed by atoms with van der Waals surface area (Å²) in [5.41, 5.74) is 1.44. The summed E-state index contributed by atoms with van der Waals surface area (Å²) in [5.74, 6) is -0.996. The van der Waals surface area contributed by atoms with E-state index < -0.39 is 17.8 Å². The van der Waals surface area contributed by atoms with Crippen molar-refractivity contribution < 1.29 is 28.7 Å². The smallest absolute Gasteiger partial charge is 0.356 e. The van der Waals surface area contributed by atoms with Crippen molar-refractivity contribution >= 4 is 51.4 Å². The number of carbonyl (C=O) groups excluding carboxylic acids is 3. The van der Waals surface area contributed by atoms with E-state index in [0.717, 1.165) is 11.6 Å². The minimum atomic E-state index is -0.840. The number of hydrogen-bond acceptors (Lipinski definition) is 6. The Morgan fingerprint density at radius 3 is 2.57 bits per heavy atom. The van der Waals surface area contributed by atoms with Crippen molar-refractivity contribution in [3.8, 4) is 11.5 Å². The summed E-state index contributed by atoms with van der Waals surface area (Å²) in [6.07, 6.45) is 2.66. The van der Waals surface area contributed by atoms with Gasteiger partial charge in [0.1, 0.15) is 6.61 Å². The number of nitrogens with zero attached hydrogens (tertiary/aromatic N) is 1. The van der Waals surface area contributed by atoms with Gasteiger partial charge in [-0.2, -0.15) is 0 Å². The first-order chi connectivity index (χ1) is 14.4. The lowest BCUT2D eigenvalue weighted by atomic mass is 10.2. The standard InChI is InChI=1S/C21H17BrClNO6/c1-28-17-11-13(6-9-20(27)30-24-18(25)7-8-19(24)26)10-15(22)21(17)29-12-14-4-2-3-5-16(14)23/h2-6,9-11H,7-8,12H2,1H3/b9-6+. The molecule has 2 amide bonds. The van der Waals surface area contributed by atoms with Crippen molar-refractivity contribution in [3.05, 3.63) is 63.1 Å². The van der Waals surface area contributed by atoms with Crippen LogP contribution in [0, 0.1) is 0 Å². The second kappa shape index (κ2) is 9.77. The van der Waals surface area contributed by atoms with Crippen LogP contribution in [0.5, 0.6) is 11.5 Å². The Morgan fingerprint density at radius 2 is 1.90 bits per heavy atom. The maximum atomic E-state index is 11.9. The van der Waals surface area contributed by atoms with E-state index >= 15 is 0 Å². The molecule has 3 rings (SSSR count). The normalized spacial score (nSPS) is 13.8. The Hall–Kier alpha value is -2.84. The molecule has 1 aliphatic rings. The van der Waals surface area contributed by atoms with Gasteiger partial charge in [-0.3, -0.25) is 9.59 Å². The highest BCUT2D eigenvalue weighted by atomic mass is 79.9. The fraction of sp³-hybridized carbons (Fsp3) is 0.190. The SMILES string of the molecule is COc1cc(/C=C/C(=O)ON2C(=O)CCC2=O)cc(Br)c1OCc1ccccc1Cl. The average molecular weight is 495 g/mol. The number of ether oxygens (including phenoxy) is 2. The van der Waals surface area contributed by atoms with Crippen molar-refractivity contribution in [1.82, 2.24) is 5.06 Å². The van der Waals surface area contributed by atoms with Crippen LogP contribution < -0.4 is 9.47 Å². The lowest BCUT2D eigenvalue weighted by Gasteiger charge is -2.14. The van der Waals surface area contributed by atoms with Gasteiger partial charge in [0.15, 0.2) is 11.5 Å². The van der Waals surface area contributed by atoms with Crippen LogP contribution in [-0.2, 0) is 25.8 Å². The van der Waals surface area contributed by atoms with Gasteiger partial charge in [0.05, 0.1) is 11.6 Å². The van der Waals surface area contributed by atoms with Gasteiger partial charge in [-0.05, 0) is 45.8 Å². The van der Waals surface area contributed by atoms with Gasteiger partial charge in [0, 0.05) is 29.5 Å². The second-order valence-corrected chi connectivity index (χ2v) is 7.50. The summed E-state index contributed by atoms with van der Waals surface area (Å²) in [6.45, 7) is 0.244. The molecule has 0 spiro atoms. The van der Waals surface area contributed by atoms with Crippen LogP contribution in [-0.4, -0.2) is 30.0 Å². The average Bonchev–Trinajstić information content (AvgIpc) is 3.04. The van der Waals surface area contributed by atoms with Gasteiger partial charge in [-0.1, -0.05) is 29.8 Å². The molecule has 156 valence electrons. The molecule has 9 heteroatoms. The van der Waals surface area contributed by atoms with Gasteiger partial charge in [0.2, 0.25) is 0 Å². The molecule has 7 nitrogen and oxygen atoms in total. The number of rotatable bonds is 7. The van der Waals surface area contributed by atoms with Crippen molar-refractivity contribution in [3.63, 3.8) is 0 Å². The van der Waals surface area contributed by atoms with Gasteiger partial charge >= 0.3 is 5.97 Å². The van der Waals surface area contributed by atoms with Crippen molar-refractivity contribution in [2.45, 2.75) is 19.4 Å². The van der Waals surface area contributed by atoms with Gasteiger partial charge in [-0.25, -0.2) is 4.79 Å². The number of halogens is 2. The first-order valence-electron chi connectivity index (χ1n) is 8.88. The minimum Gasteiger partial charge on any atom is -0.493 e. The third-order valence-electron chi connectivity index (χ3n) is 4.18. The number of amides is 2. The molecule has 1 saturated heterocycles. The van der Waals surface area contributed by atoms with E-state index in [4.69, 9.17) is 25.9 Å². The van der Waals surface area contributed by atoms with E-state index in [-0.39, 0.29) is 19.4 Å². The van der Waals surface area contributed by atoms with E-state index in [0.29, 0.717) is 31.6 Å². The zero-order valence-corrected chi connectivity index (χ0v) is 18.2. The molecule has 0 N–H and O–H groups in total. The Kier molecular flexibility index (Phi) is 7.12. The summed E-state index contributed by atoms with van der Waals surface area (Å²) in [4.78, 5) is 39.7. The minimum absolute atomic E-state index is 0.0373. The van der Waals surface area contributed by atoms with Gasteiger partial charge in [-0.15, -0.1) is 5.06 Å². The lowest BCUT2D eigenvalue weighted by molar-refractivity contribution is -0.193. The summed E-state index contributed by atoms with van der Waals surface area (Å²) in [6, 6.07) is 10.7. The van der Waals surface area contributed by atoms with E-state index in [2.05, 4.69) is 15.9 Å². The quantitative estimate of drug-likeness (QED) is 0.421. The van der Waals surface area contributed by atoms with E-state index in [1.54, 1.807) is 18.2 Å². The first-order valence-corrected chi connectivity index (χ1v) is 10.1. The Labute approximate surface area is 186 Å². The molecule has 2 aromatic carbocycles. The van der Waals surface area contributed by atoms with Crippen LogP contribution in [0.25, 0.3) is 6.08 Å². The summed E-state index contributed by atoms with van der Waals surface area (Å²) in [5, 5.41) is 1.09. The fourth-order valence-electron chi connectivity index (χ4n) is 2.68. The molecule has 1 aliphatic heterocycles. The van der Waals surface area contributed by atoms with Crippen LogP contribution in [0.3, 0.4) is 0 Å². The van der Waals surface area contributed by atoms with Crippen LogP contribution in [0.1, 0.15) is 24.0 Å². The molecule has 2 aromatic rings. The lowest BCUT2D eigenvalue weighted by Crippen LogP contribution is -2.31. The van der Waals surface area contributed by atoms with Gasteiger partial charge < -0.3 is 14.3 Å². The zero-order valence-electron chi connectivity index (χ0n) is 15.9. The summed E-state index contributed by atoms with van der Waals surface area (Å²) >= 11 is 9.60. The highest BCUT2D eigenvalue weighted by molar-refractivity contribution is 9.10. The number of hydroxylamine groups is 2. The first kappa shape index (κ1) is 21.9. The molecule has 30 heavy (non-hydrogen) atoms. The molecule has 0 bridgehead atoms. The van der Waals surface area contributed by atoms with Crippen LogP contribution in [0.4, 0.5) is 0 Å². The predicted molar refractivity (Wildman–Crippen MR) is 113 cm³/mol. The molecular weight excluding hydrogens is 478 g/mol. The number of imide groups is 1. The third kappa shape index (κ3) is 5.20. The Balaban J connectivity index is 1.70. The van der Waals surface area contributed by atoms with Gasteiger partial charge in [0.25, 0.3) is 11.8 Å². The van der Waals surface area contributed by atoms with Crippen LogP contribution >= 0.6 is 27.5 Å². The highest BCUT2D eigenvalue weighted by Gasteiger charge is 2.32. The summed E-state index contributed by atoms with van der Waals surface area (Å²) in [7, 11) is 1.50. The number of methoxy groups -OCH3 is 1. The molecular formula is C21H17BrClNO6. The predicted octanol–water partition coefficient (Wildman–Crippen LogP) is 4.31. The Bertz CT molecular complexity index is 1010. The highest BCUT2D eigenvalue weighted by Crippen LogP contribution is 2.38. The molecule has 0 aliphatic carbocycles. The largest absolute Gasteiger partial charge is 0.493 e. The second-order valence-electron chi connectivity index (χ2n) is 6.24. The third-order valence-corrected chi connectivity index (χ3v) is 5.14. The topological polar surface area (TPSA) is 82.1 Å². The van der Waals surface area contributed by atoms with E-state index in [1.807, 2.05) is 18.2 Å². The monoisotopic (exact) mass is 493 g/mol. The van der Waals surface area contributed by atoms with E-state index in [1.165, 1.54) is 13.2 Å². The molecule has 1 heterocycles. The molecule has 0 atom stereocenters. The molecule has 0 aromatic heterocycles. The van der Waals surface area contributed by atoms with Crippen molar-refractivity contribution in [2.24, 2.45) is 0 Å². The number of benzene rings is 2. The fourth-order valence-corrected chi connectivity index (χ4v) is 3.45. The van der Waals surface area contributed by atoms with Crippen molar-refractivity contribution in [1.29, 1.82) is 0 Å². The molecule has 0 radical (unpaired) electrons. The van der Waals surface area contributed by atoms with Crippen LogP contribution in [0.15, 0.2) is 46.9 Å². The number of hydrogen-bond donors (Lipinski definition) is 0. The Morgan fingerprint density at radius 1 is 1.20 bits per heavy atom. The zero-order chi connectivity index (χ0) is 21.7.